The first-order valence-corrected chi connectivity index (χ1v) is 15.5. The molecule has 0 aliphatic heterocycles. The molecule has 0 rings (SSSR count). The quantitative estimate of drug-likeness (QED) is 0.0791. The lowest BCUT2D eigenvalue weighted by Gasteiger charge is -2.14. The van der Waals surface area contributed by atoms with Crippen molar-refractivity contribution in [1.29, 1.82) is 0 Å². The fourth-order valence-electron chi connectivity index (χ4n) is 3.52. The summed E-state index contributed by atoms with van der Waals surface area (Å²) in [5, 5.41) is 0. The number of methoxy groups -OCH3 is 2. The number of hydrogen-bond acceptors (Lipinski definition) is 5. The van der Waals surface area contributed by atoms with Gasteiger partial charge in [0.1, 0.15) is 6.29 Å². The fourth-order valence-corrected chi connectivity index (χ4v) is 3.52. The van der Waals surface area contributed by atoms with Gasteiger partial charge in [-0.25, -0.2) is 4.79 Å². The van der Waals surface area contributed by atoms with Gasteiger partial charge in [0, 0.05) is 13.5 Å². The molecule has 5 heteroatoms. The van der Waals surface area contributed by atoms with E-state index in [4.69, 9.17) is 9.47 Å². The second kappa shape index (κ2) is 34.9. The predicted octanol–water partition coefficient (Wildman–Crippen LogP) is 10.6. The van der Waals surface area contributed by atoms with Crippen molar-refractivity contribution >= 4 is 12.4 Å². The highest BCUT2D eigenvalue weighted by molar-refractivity contribution is 5.59. The van der Waals surface area contributed by atoms with Crippen LogP contribution < -0.4 is 0 Å². The molecule has 37 heavy (non-hydrogen) atoms. The number of aldehydes is 1. The number of ether oxygens (including phenoxy) is 3. The van der Waals surface area contributed by atoms with Crippen LogP contribution in [0, 0.1) is 0 Å². The molecule has 0 aromatic carbocycles. The molecule has 0 spiro atoms. The molecule has 5 nitrogen and oxygen atoms in total. The van der Waals surface area contributed by atoms with Gasteiger partial charge in [-0.05, 0) is 33.6 Å². The summed E-state index contributed by atoms with van der Waals surface area (Å²) in [7, 11) is 3.03. The van der Waals surface area contributed by atoms with E-state index in [1.807, 2.05) is 20.8 Å². The molecule has 0 saturated carbocycles. The van der Waals surface area contributed by atoms with Gasteiger partial charge >= 0.3 is 6.16 Å². The molecular formula is C32H66O5. The summed E-state index contributed by atoms with van der Waals surface area (Å²) in [6.45, 7) is 11.1. The van der Waals surface area contributed by atoms with Crippen molar-refractivity contribution < 1.29 is 23.8 Å². The molecule has 0 aliphatic rings. The molecule has 0 aromatic heterocycles. The standard InChI is InChI=1S/C14H26O4.C13H28.C5H12O/c1-17-14(16)18-13-11-9-7-5-3-2-4-6-8-10-12-15;1-3-5-7-9-11-13-12-10-8-6-4-2;1-5(2,3)6-4/h12H,2-11,13H2,1H3;3-13H2,1-2H3;1-4H3. The minimum atomic E-state index is -0.592. The number of hydrogen-bond donors (Lipinski definition) is 0. The third-order valence-electron chi connectivity index (χ3n) is 6.17. The molecule has 0 heterocycles. The first kappa shape index (κ1) is 40.4. The van der Waals surface area contributed by atoms with Crippen molar-refractivity contribution in [3.8, 4) is 0 Å². The molecular weight excluding hydrogens is 464 g/mol. The Balaban J connectivity index is -0.000000529. The molecule has 0 amide bonds. The zero-order valence-corrected chi connectivity index (χ0v) is 26.2. The monoisotopic (exact) mass is 530 g/mol. The molecule has 0 unspecified atom stereocenters. The van der Waals surface area contributed by atoms with Crippen LogP contribution in [0.5, 0.6) is 0 Å². The van der Waals surface area contributed by atoms with Gasteiger partial charge in [-0.15, -0.1) is 0 Å². The van der Waals surface area contributed by atoms with E-state index in [1.165, 1.54) is 116 Å². The number of carbonyl (C=O) groups excluding carboxylic acids is 2. The zero-order chi connectivity index (χ0) is 28.5. The Bertz CT molecular complexity index is 421. The second-order valence-corrected chi connectivity index (χ2v) is 10.9. The Morgan fingerprint density at radius 1 is 0.595 bits per heavy atom. The van der Waals surface area contributed by atoms with E-state index < -0.39 is 6.16 Å². The van der Waals surface area contributed by atoms with E-state index in [2.05, 4.69) is 18.6 Å². The lowest BCUT2D eigenvalue weighted by Crippen LogP contribution is -2.15. The second-order valence-electron chi connectivity index (χ2n) is 10.9. The van der Waals surface area contributed by atoms with Crippen LogP contribution in [0.25, 0.3) is 0 Å². The summed E-state index contributed by atoms with van der Waals surface area (Å²) < 4.78 is 14.1. The van der Waals surface area contributed by atoms with Gasteiger partial charge in [0.05, 0.1) is 19.3 Å². The van der Waals surface area contributed by atoms with Gasteiger partial charge in [0.15, 0.2) is 0 Å². The molecule has 0 saturated heterocycles. The molecule has 0 atom stereocenters. The topological polar surface area (TPSA) is 61.8 Å². The average Bonchev–Trinajstić information content (AvgIpc) is 2.88. The summed E-state index contributed by atoms with van der Waals surface area (Å²) in [6, 6.07) is 0. The Hall–Kier alpha value is -1.10. The average molecular weight is 531 g/mol. The van der Waals surface area contributed by atoms with Gasteiger partial charge in [0.25, 0.3) is 0 Å². The maximum absolute atomic E-state index is 10.6. The van der Waals surface area contributed by atoms with Crippen LogP contribution >= 0.6 is 0 Å². The molecule has 224 valence electrons. The van der Waals surface area contributed by atoms with Crippen molar-refractivity contribution in [1.82, 2.24) is 0 Å². The number of rotatable bonds is 22. The van der Waals surface area contributed by atoms with E-state index in [-0.39, 0.29) is 5.60 Å². The highest BCUT2D eigenvalue weighted by Crippen LogP contribution is 2.11. The zero-order valence-electron chi connectivity index (χ0n) is 26.2. The number of unbranched alkanes of at least 4 members (excludes halogenated alkanes) is 19. The molecule has 0 N–H and O–H groups in total. The fraction of sp³-hybridized carbons (Fsp3) is 0.938. The van der Waals surface area contributed by atoms with E-state index >= 15 is 0 Å². The normalized spacial score (nSPS) is 10.6. The summed E-state index contributed by atoms with van der Waals surface area (Å²) in [6.07, 6.45) is 27.5. The van der Waals surface area contributed by atoms with Crippen molar-refractivity contribution in [2.75, 3.05) is 20.8 Å². The van der Waals surface area contributed by atoms with Crippen molar-refractivity contribution in [3.05, 3.63) is 0 Å². The number of carbonyl (C=O) groups is 2. The molecule has 0 bridgehead atoms. The third-order valence-corrected chi connectivity index (χ3v) is 6.17. The predicted molar refractivity (Wildman–Crippen MR) is 159 cm³/mol. The third kappa shape index (κ3) is 48.5. The van der Waals surface area contributed by atoms with Crippen molar-refractivity contribution in [2.45, 2.75) is 175 Å². The first-order chi connectivity index (χ1) is 17.8. The Morgan fingerprint density at radius 3 is 1.22 bits per heavy atom. The summed E-state index contributed by atoms with van der Waals surface area (Å²) in [5.41, 5.74) is 0.0417. The lowest BCUT2D eigenvalue weighted by atomic mass is 10.1. The highest BCUT2D eigenvalue weighted by Gasteiger charge is 2.04. The smallest absolute Gasteiger partial charge is 0.438 e. The molecule has 0 aliphatic carbocycles. The van der Waals surface area contributed by atoms with Crippen molar-refractivity contribution in [3.63, 3.8) is 0 Å². The Morgan fingerprint density at radius 2 is 0.919 bits per heavy atom. The van der Waals surface area contributed by atoms with E-state index in [0.717, 1.165) is 25.5 Å². The maximum atomic E-state index is 10.6. The van der Waals surface area contributed by atoms with Gasteiger partial charge < -0.3 is 19.0 Å². The molecule has 0 fully saturated rings. The van der Waals surface area contributed by atoms with Gasteiger partial charge in [-0.1, -0.05) is 129 Å². The summed E-state index contributed by atoms with van der Waals surface area (Å²) >= 11 is 0. The van der Waals surface area contributed by atoms with Crippen LogP contribution in [-0.4, -0.2) is 38.9 Å². The van der Waals surface area contributed by atoms with Crippen LogP contribution in [0.3, 0.4) is 0 Å². The van der Waals surface area contributed by atoms with Crippen LogP contribution in [0.2, 0.25) is 0 Å². The van der Waals surface area contributed by atoms with Crippen LogP contribution in [0.4, 0.5) is 4.79 Å². The van der Waals surface area contributed by atoms with Gasteiger partial charge in [-0.3, -0.25) is 0 Å². The van der Waals surface area contributed by atoms with E-state index in [0.29, 0.717) is 13.0 Å². The largest absolute Gasteiger partial charge is 0.507 e. The van der Waals surface area contributed by atoms with Gasteiger partial charge in [0.2, 0.25) is 0 Å². The van der Waals surface area contributed by atoms with Crippen LogP contribution in [0.1, 0.15) is 169 Å². The molecule has 0 radical (unpaired) electrons. The van der Waals surface area contributed by atoms with Crippen molar-refractivity contribution in [2.24, 2.45) is 0 Å². The SMILES string of the molecule is CCCCCCCCCCCCC.COC(=O)OCCCCCCCCCCCC=O.COC(C)(C)C. The molecule has 0 aromatic rings. The Labute approximate surface area is 232 Å². The first-order valence-electron chi connectivity index (χ1n) is 15.5. The van der Waals surface area contributed by atoms with Gasteiger partial charge in [-0.2, -0.15) is 0 Å². The van der Waals surface area contributed by atoms with Crippen LogP contribution in [-0.2, 0) is 19.0 Å². The minimum absolute atomic E-state index is 0.0417. The van der Waals surface area contributed by atoms with Crippen LogP contribution in [0.15, 0.2) is 0 Å². The van der Waals surface area contributed by atoms with E-state index in [9.17, 15) is 9.59 Å². The summed E-state index contributed by atoms with van der Waals surface area (Å²) in [5.74, 6) is 0. The Kier molecular flexibility index (Phi) is 38.1. The maximum Gasteiger partial charge on any atom is 0.507 e. The lowest BCUT2D eigenvalue weighted by molar-refractivity contribution is -0.107. The summed E-state index contributed by atoms with van der Waals surface area (Å²) in [4.78, 5) is 20.7. The minimum Gasteiger partial charge on any atom is -0.438 e. The highest BCUT2D eigenvalue weighted by atomic mass is 16.7. The van der Waals surface area contributed by atoms with E-state index in [1.54, 1.807) is 7.11 Å².